The van der Waals surface area contributed by atoms with Gasteiger partial charge in [-0.25, -0.2) is 14.2 Å². The van der Waals surface area contributed by atoms with E-state index in [9.17, 15) is 13.6 Å². The second-order valence-electron chi connectivity index (χ2n) is 4.16. The Hall–Kier alpha value is -2.47. The highest BCUT2D eigenvalue weighted by Gasteiger charge is 2.06. The molecule has 0 saturated heterocycles. The maximum Gasteiger partial charge on any atom is 0.277 e. The summed E-state index contributed by atoms with van der Waals surface area (Å²) >= 11 is 5.86. The number of rotatable bonds is 5. The molecule has 0 aliphatic carbocycles. The van der Waals surface area contributed by atoms with Gasteiger partial charge in [-0.2, -0.15) is 5.10 Å². The number of amides is 1. The standard InChI is InChI=1S/C15H11ClF2N2O2/c16-11-5-1-2-7-13(11)22-9-14(21)20-19-8-10-4-3-6-12(17)15(10)18/h1-8H,9H2,(H,20,21)/b19-8+. The van der Waals surface area contributed by atoms with Crippen LogP contribution in [0.3, 0.4) is 0 Å². The molecule has 2 aromatic carbocycles. The lowest BCUT2D eigenvalue weighted by Crippen LogP contribution is -2.24. The van der Waals surface area contributed by atoms with Crippen LogP contribution in [-0.4, -0.2) is 18.7 Å². The highest BCUT2D eigenvalue weighted by Crippen LogP contribution is 2.22. The minimum atomic E-state index is -1.03. The monoisotopic (exact) mass is 324 g/mol. The molecule has 0 bridgehead atoms. The van der Waals surface area contributed by atoms with Gasteiger partial charge in [0.05, 0.1) is 11.2 Å². The van der Waals surface area contributed by atoms with Crippen LogP contribution in [0.1, 0.15) is 5.56 Å². The second-order valence-corrected chi connectivity index (χ2v) is 4.56. The minimum Gasteiger partial charge on any atom is -0.482 e. The van der Waals surface area contributed by atoms with Crippen molar-refractivity contribution < 1.29 is 18.3 Å². The fourth-order valence-corrected chi connectivity index (χ4v) is 1.72. The maximum absolute atomic E-state index is 13.3. The fraction of sp³-hybridized carbons (Fsp3) is 0.0667. The number of para-hydroxylation sites is 1. The Balaban J connectivity index is 1.86. The van der Waals surface area contributed by atoms with Crippen LogP contribution < -0.4 is 10.2 Å². The third-order valence-electron chi connectivity index (χ3n) is 2.57. The zero-order chi connectivity index (χ0) is 15.9. The highest BCUT2D eigenvalue weighted by atomic mass is 35.5. The first kappa shape index (κ1) is 15.9. The van der Waals surface area contributed by atoms with E-state index < -0.39 is 17.5 Å². The van der Waals surface area contributed by atoms with Gasteiger partial charge >= 0.3 is 0 Å². The molecule has 0 radical (unpaired) electrons. The summed E-state index contributed by atoms with van der Waals surface area (Å²) < 4.78 is 31.5. The number of ether oxygens (including phenoxy) is 1. The van der Waals surface area contributed by atoms with Gasteiger partial charge in [-0.1, -0.05) is 35.9 Å². The lowest BCUT2D eigenvalue weighted by molar-refractivity contribution is -0.123. The molecule has 0 aliphatic heterocycles. The maximum atomic E-state index is 13.3. The highest BCUT2D eigenvalue weighted by molar-refractivity contribution is 6.32. The third kappa shape index (κ3) is 4.26. The number of nitrogens with zero attached hydrogens (tertiary/aromatic N) is 1. The second kappa shape index (κ2) is 7.51. The Bertz CT molecular complexity index is 708. The molecule has 0 saturated carbocycles. The van der Waals surface area contributed by atoms with Crippen molar-refractivity contribution in [3.8, 4) is 5.75 Å². The molecule has 0 aromatic heterocycles. The molecule has 114 valence electrons. The molecular formula is C15H11ClF2N2O2. The lowest BCUT2D eigenvalue weighted by atomic mass is 10.2. The first-order valence-corrected chi connectivity index (χ1v) is 6.59. The molecule has 22 heavy (non-hydrogen) atoms. The van der Waals surface area contributed by atoms with E-state index in [1.54, 1.807) is 24.3 Å². The predicted molar refractivity (Wildman–Crippen MR) is 79.0 cm³/mol. The van der Waals surface area contributed by atoms with Crippen molar-refractivity contribution in [1.82, 2.24) is 5.43 Å². The average Bonchev–Trinajstić information content (AvgIpc) is 2.51. The summed E-state index contributed by atoms with van der Waals surface area (Å²) in [7, 11) is 0. The van der Waals surface area contributed by atoms with Crippen molar-refractivity contribution in [3.63, 3.8) is 0 Å². The number of halogens is 3. The number of hydrogen-bond acceptors (Lipinski definition) is 3. The SMILES string of the molecule is O=C(COc1ccccc1Cl)N/N=C/c1cccc(F)c1F. The van der Waals surface area contributed by atoms with Crippen molar-refractivity contribution in [2.24, 2.45) is 5.10 Å². The molecule has 0 aliphatic rings. The summed E-state index contributed by atoms with van der Waals surface area (Å²) in [5.41, 5.74) is 2.06. The zero-order valence-corrected chi connectivity index (χ0v) is 12.0. The van der Waals surface area contributed by atoms with Gasteiger partial charge in [0.25, 0.3) is 5.91 Å². The van der Waals surface area contributed by atoms with Crippen LogP contribution in [0.2, 0.25) is 5.02 Å². The third-order valence-corrected chi connectivity index (χ3v) is 2.88. The number of nitrogens with one attached hydrogen (secondary N) is 1. The van der Waals surface area contributed by atoms with Gasteiger partial charge in [0.15, 0.2) is 18.2 Å². The van der Waals surface area contributed by atoms with E-state index in [1.165, 1.54) is 12.1 Å². The summed E-state index contributed by atoms with van der Waals surface area (Å²) in [6, 6.07) is 10.3. The predicted octanol–water partition coefficient (Wildman–Crippen LogP) is 3.15. The average molecular weight is 325 g/mol. The quantitative estimate of drug-likeness (QED) is 0.678. The molecule has 0 spiro atoms. The number of carbonyl (C=O) groups is 1. The van der Waals surface area contributed by atoms with Crippen LogP contribution in [0.15, 0.2) is 47.6 Å². The molecule has 7 heteroatoms. The molecule has 0 heterocycles. The van der Waals surface area contributed by atoms with E-state index in [0.717, 1.165) is 12.3 Å². The smallest absolute Gasteiger partial charge is 0.277 e. The van der Waals surface area contributed by atoms with Gasteiger partial charge in [0, 0.05) is 5.56 Å². The number of carbonyl (C=O) groups excluding carboxylic acids is 1. The molecule has 1 N–H and O–H groups in total. The van der Waals surface area contributed by atoms with Crippen molar-refractivity contribution >= 4 is 23.7 Å². The number of benzene rings is 2. The van der Waals surface area contributed by atoms with Gasteiger partial charge < -0.3 is 4.74 Å². The van der Waals surface area contributed by atoms with Crippen molar-refractivity contribution in [2.75, 3.05) is 6.61 Å². The van der Waals surface area contributed by atoms with Crippen LogP contribution in [-0.2, 0) is 4.79 Å². The van der Waals surface area contributed by atoms with Gasteiger partial charge in [-0.3, -0.25) is 4.79 Å². The summed E-state index contributed by atoms with van der Waals surface area (Å²) in [4.78, 5) is 11.5. The minimum absolute atomic E-state index is 0.0766. The fourth-order valence-electron chi connectivity index (χ4n) is 1.53. The summed E-state index contributed by atoms with van der Waals surface area (Å²) in [6.45, 7) is -0.313. The molecule has 0 unspecified atom stereocenters. The Labute approximate surface area is 130 Å². The topological polar surface area (TPSA) is 50.7 Å². The Morgan fingerprint density at radius 3 is 2.77 bits per heavy atom. The van der Waals surface area contributed by atoms with E-state index in [2.05, 4.69) is 10.5 Å². The molecule has 0 fully saturated rings. The van der Waals surface area contributed by atoms with Crippen LogP contribution in [0.25, 0.3) is 0 Å². The van der Waals surface area contributed by atoms with Crippen LogP contribution in [0.5, 0.6) is 5.75 Å². The number of hydrogen-bond donors (Lipinski definition) is 1. The van der Waals surface area contributed by atoms with Gasteiger partial charge in [0.1, 0.15) is 5.75 Å². The normalized spacial score (nSPS) is 10.7. The van der Waals surface area contributed by atoms with Crippen LogP contribution >= 0.6 is 11.6 Å². The Morgan fingerprint density at radius 2 is 2.00 bits per heavy atom. The van der Waals surface area contributed by atoms with E-state index >= 15 is 0 Å². The summed E-state index contributed by atoms with van der Waals surface area (Å²) in [5.74, 6) is -2.22. The zero-order valence-electron chi connectivity index (χ0n) is 11.2. The van der Waals surface area contributed by atoms with Crippen molar-refractivity contribution in [2.45, 2.75) is 0 Å². The first-order chi connectivity index (χ1) is 10.6. The summed E-state index contributed by atoms with van der Waals surface area (Å²) in [6.07, 6.45) is 1.01. The molecule has 0 atom stereocenters. The molecular weight excluding hydrogens is 314 g/mol. The molecule has 4 nitrogen and oxygen atoms in total. The largest absolute Gasteiger partial charge is 0.482 e. The van der Waals surface area contributed by atoms with Crippen LogP contribution in [0.4, 0.5) is 8.78 Å². The van der Waals surface area contributed by atoms with Crippen molar-refractivity contribution in [3.05, 3.63) is 64.7 Å². The van der Waals surface area contributed by atoms with Gasteiger partial charge in [0.2, 0.25) is 0 Å². The first-order valence-electron chi connectivity index (χ1n) is 6.21. The molecule has 2 rings (SSSR count). The molecule has 2 aromatic rings. The molecule has 1 amide bonds. The van der Waals surface area contributed by atoms with E-state index in [0.29, 0.717) is 10.8 Å². The number of hydrazone groups is 1. The van der Waals surface area contributed by atoms with E-state index in [-0.39, 0.29) is 12.2 Å². The lowest BCUT2D eigenvalue weighted by Gasteiger charge is -2.06. The Morgan fingerprint density at radius 1 is 1.23 bits per heavy atom. The van der Waals surface area contributed by atoms with E-state index in [4.69, 9.17) is 16.3 Å². The van der Waals surface area contributed by atoms with Gasteiger partial charge in [-0.15, -0.1) is 0 Å². The van der Waals surface area contributed by atoms with Crippen LogP contribution in [0, 0.1) is 11.6 Å². The van der Waals surface area contributed by atoms with Gasteiger partial charge in [-0.05, 0) is 18.2 Å². The Kier molecular flexibility index (Phi) is 5.43. The van der Waals surface area contributed by atoms with E-state index in [1.807, 2.05) is 0 Å². The summed E-state index contributed by atoms with van der Waals surface area (Å²) in [5, 5.41) is 3.91. The van der Waals surface area contributed by atoms with Crippen molar-refractivity contribution in [1.29, 1.82) is 0 Å².